The number of aromatic nitrogens is 2. The van der Waals surface area contributed by atoms with Gasteiger partial charge in [0.15, 0.2) is 5.69 Å². The molecule has 0 radical (unpaired) electrons. The first-order valence-corrected chi connectivity index (χ1v) is 4.50. The van der Waals surface area contributed by atoms with Crippen LogP contribution in [0.4, 0.5) is 0 Å². The van der Waals surface area contributed by atoms with E-state index in [1.807, 2.05) is 6.92 Å². The summed E-state index contributed by atoms with van der Waals surface area (Å²) in [6.07, 6.45) is 5.20. The highest BCUT2D eigenvalue weighted by atomic mass is 16.4. The molecule has 1 rings (SSSR count). The van der Waals surface area contributed by atoms with E-state index in [0.717, 1.165) is 5.69 Å². The number of aryl methyl sites for hydroxylation is 1. The number of carbonyl (C=O) groups is 1. The zero-order chi connectivity index (χ0) is 11.4. The van der Waals surface area contributed by atoms with Gasteiger partial charge in [-0.25, -0.2) is 4.79 Å². The van der Waals surface area contributed by atoms with Gasteiger partial charge in [0.25, 0.3) is 0 Å². The summed E-state index contributed by atoms with van der Waals surface area (Å²) in [5.41, 5.74) is 0.831. The van der Waals surface area contributed by atoms with Gasteiger partial charge < -0.3 is 5.11 Å². The van der Waals surface area contributed by atoms with Gasteiger partial charge >= 0.3 is 5.97 Å². The van der Waals surface area contributed by atoms with Crippen molar-refractivity contribution in [3.8, 4) is 12.3 Å². The quantitative estimate of drug-likeness (QED) is 0.693. The van der Waals surface area contributed by atoms with E-state index in [4.69, 9.17) is 11.5 Å². The molecule has 0 bridgehead atoms. The summed E-state index contributed by atoms with van der Waals surface area (Å²) in [6.45, 7) is 2.36. The highest BCUT2D eigenvalue weighted by Crippen LogP contribution is 2.03. The normalized spacial score (nSPS) is 12.1. The molecule has 1 unspecified atom stereocenters. The molecule has 1 heterocycles. The SMILES string of the molecule is C#CC(C)NCc1cc(C(=O)O)nn1C. The fourth-order valence-electron chi connectivity index (χ4n) is 1.09. The number of rotatable bonds is 4. The van der Waals surface area contributed by atoms with Crippen LogP contribution < -0.4 is 5.32 Å². The van der Waals surface area contributed by atoms with Crippen molar-refractivity contribution < 1.29 is 9.90 Å². The van der Waals surface area contributed by atoms with Crippen LogP contribution in [0.25, 0.3) is 0 Å². The molecule has 0 amide bonds. The third-order valence-corrected chi connectivity index (χ3v) is 2.04. The van der Waals surface area contributed by atoms with E-state index in [2.05, 4.69) is 16.3 Å². The van der Waals surface area contributed by atoms with Crippen LogP contribution in [0, 0.1) is 12.3 Å². The van der Waals surface area contributed by atoms with Crippen molar-refractivity contribution in [3.05, 3.63) is 17.5 Å². The van der Waals surface area contributed by atoms with E-state index in [-0.39, 0.29) is 11.7 Å². The minimum absolute atomic E-state index is 0.0441. The Hall–Kier alpha value is -1.80. The lowest BCUT2D eigenvalue weighted by molar-refractivity contribution is 0.0689. The second-order valence-electron chi connectivity index (χ2n) is 3.22. The van der Waals surface area contributed by atoms with Crippen LogP contribution in [0.15, 0.2) is 6.07 Å². The molecule has 1 atom stereocenters. The Morgan fingerprint density at radius 2 is 2.53 bits per heavy atom. The first-order chi connectivity index (χ1) is 7.04. The summed E-state index contributed by atoms with van der Waals surface area (Å²) >= 11 is 0. The fourth-order valence-corrected chi connectivity index (χ4v) is 1.09. The number of aromatic carboxylic acids is 1. The number of nitrogens with one attached hydrogen (secondary N) is 1. The van der Waals surface area contributed by atoms with E-state index >= 15 is 0 Å². The van der Waals surface area contributed by atoms with Crippen LogP contribution in [-0.4, -0.2) is 26.9 Å². The number of hydrogen-bond acceptors (Lipinski definition) is 3. The van der Waals surface area contributed by atoms with Gasteiger partial charge in [0, 0.05) is 13.6 Å². The topological polar surface area (TPSA) is 67.2 Å². The van der Waals surface area contributed by atoms with Gasteiger partial charge in [-0.15, -0.1) is 6.42 Å². The monoisotopic (exact) mass is 207 g/mol. The van der Waals surface area contributed by atoms with Crippen molar-refractivity contribution in [1.29, 1.82) is 0 Å². The van der Waals surface area contributed by atoms with E-state index in [9.17, 15) is 4.79 Å². The number of hydrogen-bond donors (Lipinski definition) is 2. The molecule has 5 heteroatoms. The Bertz CT molecular complexity index is 403. The molecule has 0 saturated heterocycles. The Kier molecular flexibility index (Phi) is 3.47. The Morgan fingerprint density at radius 3 is 3.00 bits per heavy atom. The third-order valence-electron chi connectivity index (χ3n) is 2.04. The minimum atomic E-state index is -1.03. The molecule has 5 nitrogen and oxygen atoms in total. The van der Waals surface area contributed by atoms with Crippen LogP contribution in [-0.2, 0) is 13.6 Å². The maximum atomic E-state index is 10.6. The molecule has 80 valence electrons. The molecule has 0 fully saturated rings. The third kappa shape index (κ3) is 2.82. The van der Waals surface area contributed by atoms with Gasteiger partial charge in [-0.3, -0.25) is 10.00 Å². The molecule has 0 spiro atoms. The minimum Gasteiger partial charge on any atom is -0.476 e. The molecule has 15 heavy (non-hydrogen) atoms. The Morgan fingerprint density at radius 1 is 1.87 bits per heavy atom. The van der Waals surface area contributed by atoms with Gasteiger partial charge in [0.05, 0.1) is 11.7 Å². The molecular weight excluding hydrogens is 194 g/mol. The maximum absolute atomic E-state index is 10.6. The molecule has 1 aromatic rings. The lowest BCUT2D eigenvalue weighted by atomic mass is 10.3. The summed E-state index contributed by atoms with van der Waals surface area (Å²) in [4.78, 5) is 10.6. The van der Waals surface area contributed by atoms with Crippen LogP contribution in [0.3, 0.4) is 0 Å². The number of carboxylic acids is 1. The van der Waals surface area contributed by atoms with Gasteiger partial charge in [-0.2, -0.15) is 5.10 Å². The maximum Gasteiger partial charge on any atom is 0.356 e. The lowest BCUT2D eigenvalue weighted by Gasteiger charge is -2.06. The van der Waals surface area contributed by atoms with E-state index < -0.39 is 5.97 Å². The van der Waals surface area contributed by atoms with Crippen molar-refractivity contribution in [3.63, 3.8) is 0 Å². The average molecular weight is 207 g/mol. The summed E-state index contributed by atoms with van der Waals surface area (Å²) in [6, 6.07) is 1.48. The Labute approximate surface area is 88.1 Å². The van der Waals surface area contributed by atoms with Crippen LogP contribution in [0.5, 0.6) is 0 Å². The Balaban J connectivity index is 2.70. The molecule has 0 aromatic carbocycles. The number of nitrogens with zero attached hydrogens (tertiary/aromatic N) is 2. The molecular formula is C10H13N3O2. The van der Waals surface area contributed by atoms with Gasteiger partial charge in [0.1, 0.15) is 0 Å². The standard InChI is InChI=1S/C10H13N3O2/c1-4-7(2)11-6-8-5-9(10(14)15)12-13(8)3/h1,5,7,11H,6H2,2-3H3,(H,14,15). The zero-order valence-corrected chi connectivity index (χ0v) is 8.69. The highest BCUT2D eigenvalue weighted by Gasteiger charge is 2.10. The largest absolute Gasteiger partial charge is 0.476 e. The first-order valence-electron chi connectivity index (χ1n) is 4.50. The van der Waals surface area contributed by atoms with Crippen molar-refractivity contribution in [2.45, 2.75) is 19.5 Å². The summed E-state index contributed by atoms with van der Waals surface area (Å²) < 4.78 is 1.53. The second-order valence-corrected chi connectivity index (χ2v) is 3.22. The average Bonchev–Trinajstić information content (AvgIpc) is 2.56. The van der Waals surface area contributed by atoms with Gasteiger partial charge in [-0.05, 0) is 13.0 Å². The summed E-state index contributed by atoms with van der Waals surface area (Å²) in [7, 11) is 1.70. The lowest BCUT2D eigenvalue weighted by Crippen LogP contribution is -2.24. The van der Waals surface area contributed by atoms with Gasteiger partial charge in [-0.1, -0.05) is 5.92 Å². The van der Waals surface area contributed by atoms with Crippen molar-refractivity contribution in [2.24, 2.45) is 7.05 Å². The molecule has 2 N–H and O–H groups in total. The predicted octanol–water partition coefficient (Wildman–Crippen LogP) is 0.230. The van der Waals surface area contributed by atoms with E-state index in [1.54, 1.807) is 7.05 Å². The van der Waals surface area contributed by atoms with Crippen LogP contribution in [0.1, 0.15) is 23.1 Å². The molecule has 0 aliphatic heterocycles. The molecule has 0 aliphatic rings. The smallest absolute Gasteiger partial charge is 0.356 e. The van der Waals surface area contributed by atoms with Crippen molar-refractivity contribution in [1.82, 2.24) is 15.1 Å². The zero-order valence-electron chi connectivity index (χ0n) is 8.69. The van der Waals surface area contributed by atoms with Crippen LogP contribution in [0.2, 0.25) is 0 Å². The molecule has 0 saturated carbocycles. The van der Waals surface area contributed by atoms with Crippen molar-refractivity contribution >= 4 is 5.97 Å². The first kappa shape index (κ1) is 11.3. The molecule has 0 aliphatic carbocycles. The van der Waals surface area contributed by atoms with E-state index in [1.165, 1.54) is 10.7 Å². The molecule has 1 aromatic heterocycles. The highest BCUT2D eigenvalue weighted by molar-refractivity contribution is 5.85. The predicted molar refractivity (Wildman–Crippen MR) is 55.3 cm³/mol. The van der Waals surface area contributed by atoms with Crippen molar-refractivity contribution in [2.75, 3.05) is 0 Å². The second kappa shape index (κ2) is 4.62. The number of terminal acetylenes is 1. The van der Waals surface area contributed by atoms with Gasteiger partial charge in [0.2, 0.25) is 0 Å². The summed E-state index contributed by atoms with van der Waals surface area (Å²) in [5, 5.41) is 15.6. The number of carboxylic acid groups (broad SMARTS) is 1. The summed E-state index contributed by atoms with van der Waals surface area (Å²) in [5.74, 6) is 1.50. The van der Waals surface area contributed by atoms with Crippen LogP contribution >= 0.6 is 0 Å². The fraction of sp³-hybridized carbons (Fsp3) is 0.400. The van der Waals surface area contributed by atoms with E-state index in [0.29, 0.717) is 6.54 Å².